The van der Waals surface area contributed by atoms with Crippen LogP contribution in [-0.2, 0) is 0 Å². The maximum atomic E-state index is 13.5. The van der Waals surface area contributed by atoms with Gasteiger partial charge in [0.1, 0.15) is 17.4 Å². The number of hydrogen-bond donors (Lipinski definition) is 2. The lowest BCUT2D eigenvalue weighted by atomic mass is 10.2. The van der Waals surface area contributed by atoms with E-state index < -0.39 is 0 Å². The topological polar surface area (TPSA) is 60.2 Å². The average molecular weight is 233 g/mol. The minimum atomic E-state index is -0.359. The number of benzene rings is 1. The number of nitrogens with one attached hydrogen (secondary N) is 1. The molecule has 1 aromatic carbocycles. The summed E-state index contributed by atoms with van der Waals surface area (Å²) in [6.07, 6.45) is 1.54. The highest BCUT2D eigenvalue weighted by molar-refractivity contribution is 5.61. The van der Waals surface area contributed by atoms with E-state index in [9.17, 15) is 4.39 Å². The second-order valence-electron chi connectivity index (χ2n) is 3.44. The average Bonchev–Trinajstić information content (AvgIpc) is 2.35. The number of anilines is 3. The van der Waals surface area contributed by atoms with Crippen molar-refractivity contribution in [3.63, 3.8) is 0 Å². The van der Waals surface area contributed by atoms with Gasteiger partial charge in [-0.05, 0) is 24.3 Å². The first-order chi connectivity index (χ1) is 8.19. The highest BCUT2D eigenvalue weighted by Crippen LogP contribution is 2.24. The first-order valence-electron chi connectivity index (χ1n) is 5.01. The van der Waals surface area contributed by atoms with Crippen molar-refractivity contribution in [1.82, 2.24) is 4.98 Å². The van der Waals surface area contributed by atoms with E-state index in [4.69, 9.17) is 10.5 Å². The third-order valence-electron chi connectivity index (χ3n) is 2.24. The Morgan fingerprint density at radius 3 is 2.76 bits per heavy atom. The number of nitrogens with two attached hydrogens (primary N) is 1. The number of hydrogen-bond acceptors (Lipinski definition) is 4. The van der Waals surface area contributed by atoms with Crippen molar-refractivity contribution < 1.29 is 9.13 Å². The van der Waals surface area contributed by atoms with Crippen molar-refractivity contribution in [3.8, 4) is 5.75 Å². The van der Waals surface area contributed by atoms with E-state index in [0.29, 0.717) is 22.9 Å². The third kappa shape index (κ3) is 2.63. The summed E-state index contributed by atoms with van der Waals surface area (Å²) in [5.41, 5.74) is 6.45. The molecule has 0 aliphatic rings. The molecule has 2 rings (SSSR count). The van der Waals surface area contributed by atoms with Crippen molar-refractivity contribution in [3.05, 3.63) is 42.3 Å². The Hall–Kier alpha value is -2.30. The Morgan fingerprint density at radius 2 is 2.12 bits per heavy atom. The summed E-state index contributed by atoms with van der Waals surface area (Å²) in [5, 5.41) is 2.90. The zero-order chi connectivity index (χ0) is 12.3. The number of methoxy groups -OCH3 is 1. The first kappa shape index (κ1) is 11.2. The predicted octanol–water partition coefficient (Wildman–Crippen LogP) is 2.56. The molecule has 0 saturated carbocycles. The van der Waals surface area contributed by atoms with Gasteiger partial charge < -0.3 is 15.8 Å². The van der Waals surface area contributed by atoms with Crippen LogP contribution in [0.5, 0.6) is 5.75 Å². The minimum absolute atomic E-state index is 0.330. The molecule has 0 saturated heterocycles. The Morgan fingerprint density at radius 1 is 1.29 bits per heavy atom. The molecule has 1 heterocycles. The molecule has 5 heteroatoms. The SMILES string of the molecule is COc1ccc(F)c(Nc2ccc(N)nc2)c1. The number of nitrogens with zero attached hydrogens (tertiary/aromatic N) is 1. The normalized spacial score (nSPS) is 10.0. The number of aromatic nitrogens is 1. The zero-order valence-electron chi connectivity index (χ0n) is 9.27. The van der Waals surface area contributed by atoms with Crippen molar-refractivity contribution in [2.75, 3.05) is 18.2 Å². The summed E-state index contributed by atoms with van der Waals surface area (Å²) in [5.74, 6) is 0.640. The van der Waals surface area contributed by atoms with Crippen LogP contribution in [-0.4, -0.2) is 12.1 Å². The number of rotatable bonds is 3. The van der Waals surface area contributed by atoms with Crippen LogP contribution in [0.25, 0.3) is 0 Å². The Bertz CT molecular complexity index is 514. The molecule has 0 aliphatic carbocycles. The molecule has 17 heavy (non-hydrogen) atoms. The molecule has 2 aromatic rings. The number of pyridine rings is 1. The Labute approximate surface area is 98.2 Å². The summed E-state index contributed by atoms with van der Waals surface area (Å²) in [7, 11) is 1.53. The summed E-state index contributed by atoms with van der Waals surface area (Å²) in [6, 6.07) is 7.83. The van der Waals surface area contributed by atoms with Crippen LogP contribution in [0.15, 0.2) is 36.5 Å². The molecule has 4 nitrogen and oxygen atoms in total. The van der Waals surface area contributed by atoms with Crippen molar-refractivity contribution in [2.24, 2.45) is 0 Å². The predicted molar refractivity (Wildman–Crippen MR) is 64.9 cm³/mol. The maximum Gasteiger partial charge on any atom is 0.146 e. The van der Waals surface area contributed by atoms with Gasteiger partial charge in [0.15, 0.2) is 0 Å². The second-order valence-corrected chi connectivity index (χ2v) is 3.44. The lowest BCUT2D eigenvalue weighted by molar-refractivity contribution is 0.414. The number of ether oxygens (including phenoxy) is 1. The van der Waals surface area contributed by atoms with Gasteiger partial charge in [-0.1, -0.05) is 0 Å². The number of halogens is 1. The molecule has 88 valence electrons. The smallest absolute Gasteiger partial charge is 0.146 e. The second kappa shape index (κ2) is 4.69. The van der Waals surface area contributed by atoms with E-state index in [1.54, 1.807) is 24.3 Å². The summed E-state index contributed by atoms with van der Waals surface area (Å²) in [4.78, 5) is 3.91. The van der Waals surface area contributed by atoms with Crippen molar-refractivity contribution in [1.29, 1.82) is 0 Å². The van der Waals surface area contributed by atoms with Crippen LogP contribution in [0.2, 0.25) is 0 Å². The monoisotopic (exact) mass is 233 g/mol. The van der Waals surface area contributed by atoms with E-state index in [1.807, 2.05) is 0 Å². The summed E-state index contributed by atoms with van der Waals surface area (Å²) < 4.78 is 18.5. The molecule has 0 fully saturated rings. The Kier molecular flexibility index (Phi) is 3.09. The van der Waals surface area contributed by atoms with Crippen LogP contribution in [0.1, 0.15) is 0 Å². The van der Waals surface area contributed by atoms with Crippen LogP contribution in [0, 0.1) is 5.82 Å². The van der Waals surface area contributed by atoms with Crippen LogP contribution < -0.4 is 15.8 Å². The molecule has 1 aromatic heterocycles. The van der Waals surface area contributed by atoms with Gasteiger partial charge in [0.2, 0.25) is 0 Å². The van der Waals surface area contributed by atoms with Crippen LogP contribution in [0.4, 0.5) is 21.6 Å². The first-order valence-corrected chi connectivity index (χ1v) is 5.01. The highest BCUT2D eigenvalue weighted by atomic mass is 19.1. The van der Waals surface area contributed by atoms with E-state index in [2.05, 4.69) is 10.3 Å². The van der Waals surface area contributed by atoms with Crippen molar-refractivity contribution >= 4 is 17.2 Å². The summed E-state index contributed by atoms with van der Waals surface area (Å²) in [6.45, 7) is 0. The van der Waals surface area contributed by atoms with Crippen molar-refractivity contribution in [2.45, 2.75) is 0 Å². The van der Waals surface area contributed by atoms with Crippen LogP contribution >= 0.6 is 0 Å². The minimum Gasteiger partial charge on any atom is -0.497 e. The fourth-order valence-electron chi connectivity index (χ4n) is 1.36. The molecule has 0 bridgehead atoms. The van der Waals surface area contributed by atoms with E-state index in [-0.39, 0.29) is 5.82 Å². The quantitative estimate of drug-likeness (QED) is 0.855. The highest BCUT2D eigenvalue weighted by Gasteiger charge is 2.04. The van der Waals surface area contributed by atoms with Gasteiger partial charge in [-0.25, -0.2) is 9.37 Å². The fourth-order valence-corrected chi connectivity index (χ4v) is 1.36. The van der Waals surface area contributed by atoms with Gasteiger partial charge >= 0.3 is 0 Å². The molecule has 0 aliphatic heterocycles. The summed E-state index contributed by atoms with van der Waals surface area (Å²) >= 11 is 0. The molecule has 0 unspecified atom stereocenters. The molecular formula is C12H12FN3O. The molecule has 0 amide bonds. The zero-order valence-corrected chi connectivity index (χ0v) is 9.27. The standard InChI is InChI=1S/C12H12FN3O/c1-17-9-3-4-10(13)11(6-9)16-8-2-5-12(14)15-7-8/h2-7,16H,1H3,(H2,14,15). The van der Waals surface area contributed by atoms with Gasteiger partial charge in [0, 0.05) is 6.07 Å². The number of nitrogen functional groups attached to an aromatic ring is 1. The lowest BCUT2D eigenvalue weighted by Crippen LogP contribution is -1.96. The maximum absolute atomic E-state index is 13.5. The molecule has 0 atom stereocenters. The van der Waals surface area contributed by atoms with E-state index in [1.165, 1.54) is 19.4 Å². The van der Waals surface area contributed by atoms with Gasteiger partial charge in [-0.15, -0.1) is 0 Å². The molecule has 3 N–H and O–H groups in total. The van der Waals surface area contributed by atoms with Crippen LogP contribution in [0.3, 0.4) is 0 Å². The van der Waals surface area contributed by atoms with E-state index >= 15 is 0 Å². The fraction of sp³-hybridized carbons (Fsp3) is 0.0833. The Balaban J connectivity index is 2.25. The van der Waals surface area contributed by atoms with Gasteiger partial charge in [-0.3, -0.25) is 0 Å². The van der Waals surface area contributed by atoms with Gasteiger partial charge in [-0.2, -0.15) is 0 Å². The molecular weight excluding hydrogens is 221 g/mol. The lowest BCUT2D eigenvalue weighted by Gasteiger charge is -2.09. The largest absolute Gasteiger partial charge is 0.497 e. The van der Waals surface area contributed by atoms with Gasteiger partial charge in [0.05, 0.1) is 24.7 Å². The molecule has 0 radical (unpaired) electrons. The van der Waals surface area contributed by atoms with E-state index in [0.717, 1.165) is 0 Å². The van der Waals surface area contributed by atoms with Gasteiger partial charge in [0.25, 0.3) is 0 Å². The molecule has 0 spiro atoms. The third-order valence-corrected chi connectivity index (χ3v) is 2.24.